The van der Waals surface area contributed by atoms with Crippen molar-refractivity contribution in [1.82, 2.24) is 4.98 Å². The average Bonchev–Trinajstić information content (AvgIpc) is 2.71. The van der Waals surface area contributed by atoms with Gasteiger partial charge in [0.2, 0.25) is 0 Å². The van der Waals surface area contributed by atoms with Crippen LogP contribution in [0.15, 0.2) is 42.5 Å². The van der Waals surface area contributed by atoms with Crippen LogP contribution in [0.5, 0.6) is 0 Å². The Morgan fingerprint density at radius 2 is 0.886 bits per heavy atom. The van der Waals surface area contributed by atoms with Crippen molar-refractivity contribution in [2.24, 2.45) is 0 Å². The number of aryl methyl sites for hydroxylation is 6. The molecule has 35 heavy (non-hydrogen) atoms. The van der Waals surface area contributed by atoms with E-state index in [0.29, 0.717) is 11.4 Å². The summed E-state index contributed by atoms with van der Waals surface area (Å²) in [6, 6.07) is 13.2. The van der Waals surface area contributed by atoms with Crippen molar-refractivity contribution in [3.05, 3.63) is 87.2 Å². The standard InChI is InChI=1S/C9H9NO2.2C9H13N.2ClH.Fe/c1-6(11)8-4-3-5-9(10-8)7(2)12;2*1-6-4-7(2)9(10)8(3)5-6;;;/h3-5H,1-2H3;2*4-5H,10H2,1-3H3;2*1H;/q;;;;;+2/p-2. The fourth-order valence-electron chi connectivity index (χ4n) is 3.21. The van der Waals surface area contributed by atoms with Gasteiger partial charge in [0.25, 0.3) is 0 Å². The van der Waals surface area contributed by atoms with Crippen LogP contribution in [-0.2, 0) is 17.1 Å². The molecule has 0 aliphatic heterocycles. The molecule has 1 heterocycles. The largest absolute Gasteiger partial charge is 2.00 e. The number of nitrogen functional groups attached to an aromatic ring is 2. The van der Waals surface area contributed by atoms with Crippen molar-refractivity contribution >= 4 is 22.9 Å². The van der Waals surface area contributed by atoms with Crippen molar-refractivity contribution in [2.45, 2.75) is 55.4 Å². The van der Waals surface area contributed by atoms with E-state index < -0.39 is 0 Å². The van der Waals surface area contributed by atoms with Gasteiger partial charge in [-0.1, -0.05) is 41.5 Å². The first kappa shape index (κ1) is 37.2. The van der Waals surface area contributed by atoms with Gasteiger partial charge < -0.3 is 36.3 Å². The monoisotopic (exact) mass is 559 g/mol. The summed E-state index contributed by atoms with van der Waals surface area (Å²) in [6.45, 7) is 15.2. The minimum absolute atomic E-state index is 0. The number of hydrogen-bond donors (Lipinski definition) is 2. The van der Waals surface area contributed by atoms with Gasteiger partial charge in [0, 0.05) is 25.2 Å². The number of pyridine rings is 1. The Labute approximate surface area is 232 Å². The molecule has 0 unspecified atom stereocenters. The van der Waals surface area contributed by atoms with Gasteiger partial charge >= 0.3 is 17.1 Å². The van der Waals surface area contributed by atoms with Gasteiger partial charge in [-0.05, 0) is 75.9 Å². The molecular formula is C27H35Cl2FeN3O2. The van der Waals surface area contributed by atoms with Crippen LogP contribution in [-0.4, -0.2) is 16.6 Å². The van der Waals surface area contributed by atoms with Crippen LogP contribution in [0.2, 0.25) is 0 Å². The predicted molar refractivity (Wildman–Crippen MR) is 134 cm³/mol. The molecule has 0 bridgehead atoms. The van der Waals surface area contributed by atoms with Crippen LogP contribution < -0.4 is 36.3 Å². The first-order valence-electron chi connectivity index (χ1n) is 10.5. The molecule has 2 aromatic carbocycles. The summed E-state index contributed by atoms with van der Waals surface area (Å²) < 4.78 is 0. The van der Waals surface area contributed by atoms with Gasteiger partial charge in [-0.2, -0.15) is 0 Å². The Kier molecular flexibility index (Phi) is 18.2. The van der Waals surface area contributed by atoms with Crippen LogP contribution >= 0.6 is 0 Å². The third-order valence-corrected chi connectivity index (χ3v) is 4.95. The molecule has 3 aromatic rings. The van der Waals surface area contributed by atoms with E-state index in [1.165, 1.54) is 47.2 Å². The molecule has 0 fully saturated rings. The van der Waals surface area contributed by atoms with Crippen LogP contribution in [0, 0.1) is 41.5 Å². The predicted octanol–water partition coefficient (Wildman–Crippen LogP) is -0.120. The second kappa shape index (κ2) is 17.1. The van der Waals surface area contributed by atoms with Gasteiger partial charge in [0.1, 0.15) is 11.4 Å². The maximum atomic E-state index is 10.8. The second-order valence-corrected chi connectivity index (χ2v) is 8.15. The summed E-state index contributed by atoms with van der Waals surface area (Å²) in [7, 11) is 0. The van der Waals surface area contributed by atoms with Crippen LogP contribution in [0.1, 0.15) is 68.2 Å². The maximum Gasteiger partial charge on any atom is 2.00 e. The Balaban J connectivity index is -0.000000423. The van der Waals surface area contributed by atoms with Crippen molar-refractivity contribution in [3.63, 3.8) is 0 Å². The number of nitrogens with two attached hydrogens (primary N) is 2. The van der Waals surface area contributed by atoms with Crippen molar-refractivity contribution in [1.29, 1.82) is 0 Å². The summed E-state index contributed by atoms with van der Waals surface area (Å²) in [5.41, 5.74) is 21.3. The number of ketones is 2. The quantitative estimate of drug-likeness (QED) is 0.259. The number of benzene rings is 2. The molecule has 0 radical (unpaired) electrons. The zero-order valence-corrected chi connectivity index (χ0v) is 24.2. The smallest absolute Gasteiger partial charge is 1.00 e. The average molecular weight is 560 g/mol. The Morgan fingerprint density at radius 3 is 1.11 bits per heavy atom. The number of nitrogens with zero attached hydrogens (tertiary/aromatic N) is 1. The molecule has 0 spiro atoms. The summed E-state index contributed by atoms with van der Waals surface area (Å²) in [5, 5.41) is 0. The van der Waals surface area contributed by atoms with E-state index in [-0.39, 0.29) is 53.4 Å². The van der Waals surface area contributed by atoms with Gasteiger partial charge in [0.15, 0.2) is 11.6 Å². The van der Waals surface area contributed by atoms with E-state index in [0.717, 1.165) is 11.4 Å². The van der Waals surface area contributed by atoms with Crippen LogP contribution in [0.25, 0.3) is 0 Å². The number of anilines is 2. The molecular weight excluding hydrogens is 525 g/mol. The molecule has 0 amide bonds. The summed E-state index contributed by atoms with van der Waals surface area (Å²) >= 11 is 0. The van der Waals surface area contributed by atoms with E-state index in [1.807, 2.05) is 27.7 Å². The topological polar surface area (TPSA) is 99.1 Å². The number of Topliss-reactive ketones (excluding diaryl/α,β-unsaturated/α-hetero) is 2. The zero-order valence-electron chi connectivity index (χ0n) is 21.6. The minimum Gasteiger partial charge on any atom is -1.00 e. The third kappa shape index (κ3) is 12.2. The van der Waals surface area contributed by atoms with Gasteiger partial charge in [-0.3, -0.25) is 9.59 Å². The van der Waals surface area contributed by atoms with Gasteiger partial charge in [-0.25, -0.2) is 4.98 Å². The Morgan fingerprint density at radius 1 is 0.629 bits per heavy atom. The fourth-order valence-corrected chi connectivity index (χ4v) is 3.21. The second-order valence-electron chi connectivity index (χ2n) is 8.15. The molecule has 0 saturated carbocycles. The van der Waals surface area contributed by atoms with Crippen LogP contribution in [0.3, 0.4) is 0 Å². The number of aromatic nitrogens is 1. The minimum atomic E-state index is -0.127. The number of halogens is 2. The molecule has 8 heteroatoms. The first-order chi connectivity index (χ1) is 14.8. The Bertz CT molecular complexity index is 1000. The summed E-state index contributed by atoms with van der Waals surface area (Å²) in [6.07, 6.45) is 0. The summed E-state index contributed by atoms with van der Waals surface area (Å²) in [4.78, 5) is 25.6. The molecule has 1 aromatic heterocycles. The van der Waals surface area contributed by atoms with Crippen molar-refractivity contribution < 1.29 is 51.5 Å². The maximum absolute atomic E-state index is 10.8. The van der Waals surface area contributed by atoms with Gasteiger partial charge in [0.05, 0.1) is 0 Å². The third-order valence-electron chi connectivity index (χ3n) is 4.95. The van der Waals surface area contributed by atoms with Gasteiger partial charge in [-0.15, -0.1) is 0 Å². The first-order valence-corrected chi connectivity index (χ1v) is 10.5. The molecule has 0 saturated heterocycles. The normalized spacial score (nSPS) is 8.91. The fraction of sp³-hybridized carbons (Fsp3) is 0.296. The molecule has 5 nitrogen and oxygen atoms in total. The van der Waals surface area contributed by atoms with E-state index in [9.17, 15) is 9.59 Å². The van der Waals surface area contributed by atoms with Crippen LogP contribution in [0.4, 0.5) is 11.4 Å². The van der Waals surface area contributed by atoms with E-state index in [2.05, 4.69) is 43.1 Å². The SMILES string of the molecule is CC(=O)c1cccc(C(C)=O)n1.Cc1cc(C)c(N)c(C)c1.Cc1cc(C)c(N)c(C)c1.[Cl-].[Cl-].[Fe+2]. The molecule has 0 aliphatic carbocycles. The van der Waals surface area contributed by atoms with Crippen molar-refractivity contribution in [2.75, 3.05) is 11.5 Å². The van der Waals surface area contributed by atoms with E-state index in [1.54, 1.807) is 18.2 Å². The summed E-state index contributed by atoms with van der Waals surface area (Å²) in [5.74, 6) is -0.254. The molecule has 0 atom stereocenters. The zero-order chi connectivity index (χ0) is 24.6. The number of carbonyl (C=O) groups excluding carboxylic acids is 2. The Hall–Kier alpha value is -2.37. The number of carbonyl (C=O) groups is 2. The number of hydrogen-bond acceptors (Lipinski definition) is 5. The number of rotatable bonds is 2. The molecule has 3 rings (SSSR count). The molecule has 0 aliphatic rings. The van der Waals surface area contributed by atoms with E-state index >= 15 is 0 Å². The van der Waals surface area contributed by atoms with E-state index in [4.69, 9.17) is 11.5 Å². The van der Waals surface area contributed by atoms with Crippen molar-refractivity contribution in [3.8, 4) is 0 Å². The molecule has 192 valence electrons. The molecule has 4 N–H and O–H groups in total.